The number of rotatable bonds is 2. The summed E-state index contributed by atoms with van der Waals surface area (Å²) in [6.07, 6.45) is 1.92. The predicted octanol–water partition coefficient (Wildman–Crippen LogP) is 3.31. The average molecular weight is 258 g/mol. The molecule has 2 aromatic rings. The van der Waals surface area contributed by atoms with Crippen LogP contribution >= 0.6 is 0 Å². The summed E-state index contributed by atoms with van der Waals surface area (Å²) < 4.78 is 5.71. The lowest BCUT2D eigenvalue weighted by Crippen LogP contribution is -2.44. The van der Waals surface area contributed by atoms with E-state index in [4.69, 9.17) is 4.42 Å². The number of likely N-dealkylation sites (N-methyl/N-ethyl adjacent to an activating group) is 1. The normalized spacial score (nSPS) is 17.6. The molecule has 1 aromatic heterocycles. The van der Waals surface area contributed by atoms with Gasteiger partial charge in [0.2, 0.25) is 0 Å². The predicted molar refractivity (Wildman–Crippen MR) is 80.0 cm³/mol. The third-order valence-electron chi connectivity index (χ3n) is 4.09. The van der Waals surface area contributed by atoms with Crippen LogP contribution in [0, 0.1) is 0 Å². The molecule has 0 radical (unpaired) electrons. The summed E-state index contributed by atoms with van der Waals surface area (Å²) in [6, 6.07) is 6.56. The zero-order valence-electron chi connectivity index (χ0n) is 12.0. The van der Waals surface area contributed by atoms with E-state index in [1.54, 1.807) is 0 Å². The van der Waals surface area contributed by atoms with Crippen molar-refractivity contribution >= 4 is 16.7 Å². The summed E-state index contributed by atoms with van der Waals surface area (Å²) in [5, 5.41) is 1.26. The number of furan rings is 1. The molecule has 3 nitrogen and oxygen atoms in total. The van der Waals surface area contributed by atoms with Crippen LogP contribution in [0.4, 0.5) is 5.69 Å². The SMILES string of the molecule is CC(C)c1ccc2occ(N3CCN(C)CC3)c2c1. The van der Waals surface area contributed by atoms with Gasteiger partial charge in [-0.2, -0.15) is 0 Å². The zero-order chi connectivity index (χ0) is 13.4. The van der Waals surface area contributed by atoms with Crippen molar-refractivity contribution in [1.29, 1.82) is 0 Å². The van der Waals surface area contributed by atoms with Gasteiger partial charge in [0.25, 0.3) is 0 Å². The van der Waals surface area contributed by atoms with Crippen LogP contribution in [0.15, 0.2) is 28.9 Å². The number of piperazine rings is 1. The van der Waals surface area contributed by atoms with Gasteiger partial charge in [0.05, 0.1) is 5.69 Å². The minimum Gasteiger partial charge on any atom is -0.462 e. The molecule has 0 N–H and O–H groups in total. The Bertz CT molecular complexity index is 565. The van der Waals surface area contributed by atoms with Gasteiger partial charge in [0.15, 0.2) is 0 Å². The Morgan fingerprint density at radius 2 is 1.84 bits per heavy atom. The second kappa shape index (κ2) is 4.89. The monoisotopic (exact) mass is 258 g/mol. The molecule has 102 valence electrons. The Morgan fingerprint density at radius 1 is 1.11 bits per heavy atom. The smallest absolute Gasteiger partial charge is 0.136 e. The van der Waals surface area contributed by atoms with Crippen LogP contribution in [-0.2, 0) is 0 Å². The van der Waals surface area contributed by atoms with E-state index in [1.165, 1.54) is 16.6 Å². The summed E-state index contributed by atoms with van der Waals surface area (Å²) in [5.74, 6) is 0.555. The van der Waals surface area contributed by atoms with Crippen LogP contribution in [-0.4, -0.2) is 38.1 Å². The van der Waals surface area contributed by atoms with Crippen LogP contribution in [0.1, 0.15) is 25.3 Å². The fourth-order valence-electron chi connectivity index (χ4n) is 2.68. The number of hydrogen-bond donors (Lipinski definition) is 0. The first-order valence-corrected chi connectivity index (χ1v) is 7.10. The summed E-state index contributed by atoms with van der Waals surface area (Å²) in [5.41, 5.74) is 3.63. The molecule has 0 bridgehead atoms. The third kappa shape index (κ3) is 2.35. The van der Waals surface area contributed by atoms with Gasteiger partial charge >= 0.3 is 0 Å². The van der Waals surface area contributed by atoms with E-state index in [1.807, 2.05) is 6.26 Å². The molecule has 3 rings (SSSR count). The molecule has 1 aliphatic rings. The van der Waals surface area contributed by atoms with E-state index in [-0.39, 0.29) is 0 Å². The first-order chi connectivity index (χ1) is 9.15. The first-order valence-electron chi connectivity index (χ1n) is 7.10. The molecule has 1 aliphatic heterocycles. The highest BCUT2D eigenvalue weighted by Gasteiger charge is 2.18. The van der Waals surface area contributed by atoms with E-state index < -0.39 is 0 Å². The van der Waals surface area contributed by atoms with Crippen molar-refractivity contribution in [2.75, 3.05) is 38.1 Å². The molecule has 0 aliphatic carbocycles. The summed E-state index contributed by atoms with van der Waals surface area (Å²) in [7, 11) is 2.18. The van der Waals surface area contributed by atoms with E-state index in [2.05, 4.69) is 48.9 Å². The van der Waals surface area contributed by atoms with Crippen molar-refractivity contribution in [3.8, 4) is 0 Å². The van der Waals surface area contributed by atoms with Gasteiger partial charge < -0.3 is 14.2 Å². The summed E-state index contributed by atoms with van der Waals surface area (Å²) in [6.45, 7) is 8.87. The minimum absolute atomic E-state index is 0.555. The van der Waals surface area contributed by atoms with Gasteiger partial charge in [0.1, 0.15) is 11.8 Å². The molecular formula is C16H22N2O. The molecule has 19 heavy (non-hydrogen) atoms. The van der Waals surface area contributed by atoms with E-state index >= 15 is 0 Å². The Labute approximate surface area is 114 Å². The van der Waals surface area contributed by atoms with Crippen LogP contribution in [0.2, 0.25) is 0 Å². The molecule has 0 amide bonds. The number of hydrogen-bond acceptors (Lipinski definition) is 3. The molecule has 3 heteroatoms. The second-order valence-corrected chi connectivity index (χ2v) is 5.82. The minimum atomic E-state index is 0.555. The maximum absolute atomic E-state index is 5.71. The zero-order valence-corrected chi connectivity index (χ0v) is 12.0. The van der Waals surface area contributed by atoms with Gasteiger partial charge in [-0.3, -0.25) is 0 Å². The van der Waals surface area contributed by atoms with Crippen molar-refractivity contribution in [3.05, 3.63) is 30.0 Å². The molecule has 1 fully saturated rings. The molecule has 0 unspecified atom stereocenters. The quantitative estimate of drug-likeness (QED) is 0.824. The number of benzene rings is 1. The van der Waals surface area contributed by atoms with Crippen molar-refractivity contribution in [1.82, 2.24) is 4.90 Å². The standard InChI is InChI=1S/C16H22N2O/c1-12(2)13-4-5-16-14(10-13)15(11-19-16)18-8-6-17(3)7-9-18/h4-5,10-12H,6-9H2,1-3H3. The molecular weight excluding hydrogens is 236 g/mol. The van der Waals surface area contributed by atoms with Gasteiger partial charge in [-0.1, -0.05) is 19.9 Å². The van der Waals surface area contributed by atoms with Gasteiger partial charge in [-0.05, 0) is 30.7 Å². The molecule has 1 saturated heterocycles. The molecule has 1 aromatic carbocycles. The summed E-state index contributed by atoms with van der Waals surface area (Å²) in [4.78, 5) is 4.81. The Hall–Kier alpha value is -1.48. The number of fused-ring (bicyclic) bond motifs is 1. The van der Waals surface area contributed by atoms with Gasteiger partial charge in [-0.15, -0.1) is 0 Å². The maximum atomic E-state index is 5.71. The van der Waals surface area contributed by atoms with Gasteiger partial charge in [0, 0.05) is 31.6 Å². The Morgan fingerprint density at radius 3 is 2.53 bits per heavy atom. The van der Waals surface area contributed by atoms with Crippen molar-refractivity contribution < 1.29 is 4.42 Å². The van der Waals surface area contributed by atoms with E-state index in [0.29, 0.717) is 5.92 Å². The van der Waals surface area contributed by atoms with Crippen molar-refractivity contribution in [2.24, 2.45) is 0 Å². The lowest BCUT2D eigenvalue weighted by atomic mass is 10.0. The molecule has 0 atom stereocenters. The molecule has 2 heterocycles. The highest BCUT2D eigenvalue weighted by Crippen LogP contribution is 2.32. The fraction of sp³-hybridized carbons (Fsp3) is 0.500. The summed E-state index contributed by atoms with van der Waals surface area (Å²) >= 11 is 0. The number of nitrogens with zero attached hydrogens (tertiary/aromatic N) is 2. The molecule has 0 saturated carbocycles. The van der Waals surface area contributed by atoms with Crippen molar-refractivity contribution in [3.63, 3.8) is 0 Å². The Balaban J connectivity index is 1.97. The lowest BCUT2D eigenvalue weighted by molar-refractivity contribution is 0.313. The van der Waals surface area contributed by atoms with Gasteiger partial charge in [-0.25, -0.2) is 0 Å². The fourth-order valence-corrected chi connectivity index (χ4v) is 2.68. The van der Waals surface area contributed by atoms with Crippen LogP contribution < -0.4 is 4.90 Å². The van der Waals surface area contributed by atoms with Crippen LogP contribution in [0.3, 0.4) is 0 Å². The van der Waals surface area contributed by atoms with Crippen LogP contribution in [0.25, 0.3) is 11.0 Å². The topological polar surface area (TPSA) is 19.6 Å². The lowest BCUT2D eigenvalue weighted by Gasteiger charge is -2.33. The largest absolute Gasteiger partial charge is 0.462 e. The van der Waals surface area contributed by atoms with Crippen LogP contribution in [0.5, 0.6) is 0 Å². The highest BCUT2D eigenvalue weighted by molar-refractivity contribution is 5.91. The number of anilines is 1. The third-order valence-corrected chi connectivity index (χ3v) is 4.09. The first kappa shape index (κ1) is 12.5. The Kier molecular flexibility index (Phi) is 3.23. The van der Waals surface area contributed by atoms with E-state index in [9.17, 15) is 0 Å². The second-order valence-electron chi connectivity index (χ2n) is 5.82. The highest BCUT2D eigenvalue weighted by atomic mass is 16.3. The maximum Gasteiger partial charge on any atom is 0.136 e. The van der Waals surface area contributed by atoms with E-state index in [0.717, 1.165) is 31.8 Å². The van der Waals surface area contributed by atoms with Crippen molar-refractivity contribution in [2.45, 2.75) is 19.8 Å². The molecule has 0 spiro atoms. The average Bonchev–Trinajstić information content (AvgIpc) is 2.82.